The SMILES string of the molecule is C=CC(CC1CCCC1)c1ccc(SC)cc1.C=N/C=C(\SCNC)SCC(=C)N1CCPC1C. The maximum Gasteiger partial charge on any atom is 0.0601 e. The van der Waals surface area contributed by atoms with Crippen molar-refractivity contribution in [2.75, 3.05) is 37.6 Å². The minimum atomic E-state index is 0.550. The molecule has 1 saturated heterocycles. The van der Waals surface area contributed by atoms with Crippen LogP contribution in [0.1, 0.15) is 50.5 Å². The highest BCUT2D eigenvalue weighted by molar-refractivity contribution is 8.22. The molecule has 1 heterocycles. The molecule has 0 amide bonds. The van der Waals surface area contributed by atoms with Gasteiger partial charge in [0.2, 0.25) is 0 Å². The largest absolute Gasteiger partial charge is 0.368 e. The molecule has 0 spiro atoms. The number of hydrogen-bond donors (Lipinski definition) is 1. The third kappa shape index (κ3) is 11.1. The number of allylic oxidation sites excluding steroid dienone is 1. The fourth-order valence-corrected chi connectivity index (χ4v) is 8.00. The molecule has 194 valence electrons. The van der Waals surface area contributed by atoms with Gasteiger partial charge in [0.15, 0.2) is 0 Å². The van der Waals surface area contributed by atoms with Crippen LogP contribution in [0.3, 0.4) is 0 Å². The van der Waals surface area contributed by atoms with E-state index in [9.17, 15) is 0 Å². The van der Waals surface area contributed by atoms with Crippen molar-refractivity contribution < 1.29 is 0 Å². The second-order valence-corrected chi connectivity index (χ2v) is 13.9. The van der Waals surface area contributed by atoms with Gasteiger partial charge in [-0.25, -0.2) is 0 Å². The number of thioether (sulfide) groups is 3. The molecule has 35 heavy (non-hydrogen) atoms. The van der Waals surface area contributed by atoms with E-state index >= 15 is 0 Å². The highest BCUT2D eigenvalue weighted by atomic mass is 32.2. The van der Waals surface area contributed by atoms with E-state index in [1.165, 1.54) is 65.2 Å². The second kappa shape index (κ2) is 17.7. The molecule has 1 aromatic rings. The fourth-order valence-electron chi connectivity index (χ4n) is 4.53. The van der Waals surface area contributed by atoms with Gasteiger partial charge < -0.3 is 10.2 Å². The van der Waals surface area contributed by atoms with Gasteiger partial charge in [0.05, 0.1) is 4.24 Å². The zero-order valence-corrected chi connectivity index (χ0v) is 25.3. The summed E-state index contributed by atoms with van der Waals surface area (Å²) in [7, 11) is 3.00. The summed E-state index contributed by atoms with van der Waals surface area (Å²) in [5.41, 5.74) is 2.67. The lowest BCUT2D eigenvalue weighted by molar-refractivity contribution is 0.381. The van der Waals surface area contributed by atoms with Crippen LogP contribution >= 0.6 is 43.9 Å². The van der Waals surface area contributed by atoms with E-state index < -0.39 is 0 Å². The van der Waals surface area contributed by atoms with Gasteiger partial charge in [0.25, 0.3) is 0 Å². The van der Waals surface area contributed by atoms with Gasteiger partial charge in [-0.3, -0.25) is 4.99 Å². The Morgan fingerprint density at radius 2 is 1.97 bits per heavy atom. The zero-order chi connectivity index (χ0) is 25.5. The van der Waals surface area contributed by atoms with Crippen molar-refractivity contribution >= 4 is 50.6 Å². The summed E-state index contributed by atoms with van der Waals surface area (Å²) >= 11 is 5.35. The minimum Gasteiger partial charge on any atom is -0.368 e. The van der Waals surface area contributed by atoms with Crippen LogP contribution in [-0.2, 0) is 0 Å². The first-order valence-electron chi connectivity index (χ1n) is 12.5. The summed E-state index contributed by atoms with van der Waals surface area (Å²) in [6.07, 6.45) is 14.4. The number of aliphatic imine (C=N–C) groups is 1. The van der Waals surface area contributed by atoms with Gasteiger partial charge in [-0.1, -0.05) is 59.1 Å². The Kier molecular flexibility index (Phi) is 15.5. The fraction of sp³-hybridized carbons (Fsp3) is 0.536. The first-order valence-corrected chi connectivity index (χ1v) is 17.0. The lowest BCUT2D eigenvalue weighted by Gasteiger charge is -2.25. The van der Waals surface area contributed by atoms with Crippen LogP contribution in [0.15, 0.2) is 69.5 Å². The molecule has 2 aliphatic rings. The molecule has 3 nitrogen and oxygen atoms in total. The van der Waals surface area contributed by atoms with Crippen molar-refractivity contribution in [2.24, 2.45) is 10.9 Å². The Morgan fingerprint density at radius 1 is 1.26 bits per heavy atom. The standard InChI is InChI=1S/C16H22S.C12H22N3PS2/c1-3-14(12-13-6-4-5-7-13)15-8-10-16(17-2)11-9-15;1-10(15-5-6-16-11(15)2)8-17-12(7-13-3)18-9-14-4/h3,8-11,13-14H,1,4-7,12H2,2H3;7,11,14,16H,1,3,5-6,8-9H2,2,4H3/b;12-7-. The molecule has 0 aromatic heterocycles. The van der Waals surface area contributed by atoms with E-state index in [1.807, 2.05) is 13.2 Å². The number of rotatable bonds is 13. The Hall–Kier alpha value is -0.650. The molecule has 1 N–H and O–H groups in total. The smallest absolute Gasteiger partial charge is 0.0601 e. The molecule has 0 radical (unpaired) electrons. The molecule has 1 aliphatic heterocycles. The van der Waals surface area contributed by atoms with Crippen LogP contribution in [0.5, 0.6) is 0 Å². The van der Waals surface area contributed by atoms with Crippen molar-refractivity contribution in [1.82, 2.24) is 10.2 Å². The molecule has 2 fully saturated rings. The van der Waals surface area contributed by atoms with E-state index in [-0.39, 0.29) is 0 Å². The highest BCUT2D eigenvalue weighted by Gasteiger charge is 2.21. The van der Waals surface area contributed by atoms with Crippen LogP contribution in [0.2, 0.25) is 0 Å². The maximum atomic E-state index is 4.21. The molecule has 3 atom stereocenters. The van der Waals surface area contributed by atoms with Gasteiger partial charge >= 0.3 is 0 Å². The van der Waals surface area contributed by atoms with Crippen molar-refractivity contribution in [3.63, 3.8) is 0 Å². The van der Waals surface area contributed by atoms with Crippen molar-refractivity contribution in [3.05, 3.63) is 65.2 Å². The molecular formula is C28H44N3PS3. The number of benzene rings is 1. The van der Waals surface area contributed by atoms with Gasteiger partial charge in [-0.15, -0.1) is 41.9 Å². The Balaban J connectivity index is 0.000000247. The third-order valence-corrected chi connectivity index (χ3v) is 11.0. The van der Waals surface area contributed by atoms with E-state index in [4.69, 9.17) is 0 Å². The van der Waals surface area contributed by atoms with Gasteiger partial charge in [0, 0.05) is 46.7 Å². The number of hydrogen-bond acceptors (Lipinski definition) is 6. The van der Waals surface area contributed by atoms with Gasteiger partial charge in [0.1, 0.15) is 0 Å². The minimum absolute atomic E-state index is 0.550. The second-order valence-electron chi connectivity index (χ2n) is 8.95. The molecule has 0 bridgehead atoms. The molecule has 7 heteroatoms. The molecule has 3 rings (SSSR count). The van der Waals surface area contributed by atoms with Crippen LogP contribution in [0.25, 0.3) is 0 Å². The first kappa shape index (κ1) is 30.6. The summed E-state index contributed by atoms with van der Waals surface area (Å²) in [6.45, 7) is 15.2. The average Bonchev–Trinajstić information content (AvgIpc) is 3.56. The zero-order valence-electron chi connectivity index (χ0n) is 21.8. The quantitative estimate of drug-likeness (QED) is 0.0879. The lowest BCUT2D eigenvalue weighted by Crippen LogP contribution is -2.25. The number of nitrogens with zero attached hydrogens (tertiary/aromatic N) is 2. The predicted octanol–water partition coefficient (Wildman–Crippen LogP) is 8.24. The summed E-state index contributed by atoms with van der Waals surface area (Å²) in [5, 5.41) is 3.12. The van der Waals surface area contributed by atoms with Gasteiger partial charge in [-0.2, -0.15) is 0 Å². The average molecular weight is 550 g/mol. The van der Waals surface area contributed by atoms with E-state index in [2.05, 4.69) is 78.6 Å². The Morgan fingerprint density at radius 3 is 2.51 bits per heavy atom. The first-order chi connectivity index (χ1) is 17.0. The topological polar surface area (TPSA) is 27.6 Å². The molecular weight excluding hydrogens is 506 g/mol. The number of nitrogens with one attached hydrogen (secondary N) is 1. The maximum absolute atomic E-state index is 4.21. The Bertz CT molecular complexity index is 806. The van der Waals surface area contributed by atoms with Crippen LogP contribution in [-0.4, -0.2) is 55.0 Å². The normalized spacial score (nSPS) is 19.9. The summed E-state index contributed by atoms with van der Waals surface area (Å²) in [5.74, 6) is 3.98. The molecule has 1 saturated carbocycles. The van der Waals surface area contributed by atoms with E-state index in [0.29, 0.717) is 11.7 Å². The van der Waals surface area contributed by atoms with Crippen LogP contribution in [0, 0.1) is 5.92 Å². The van der Waals surface area contributed by atoms with Gasteiger partial charge in [-0.05, 0) is 63.1 Å². The monoisotopic (exact) mass is 549 g/mol. The van der Waals surface area contributed by atoms with Crippen molar-refractivity contribution in [1.29, 1.82) is 0 Å². The lowest BCUT2D eigenvalue weighted by atomic mass is 9.88. The van der Waals surface area contributed by atoms with Crippen molar-refractivity contribution in [2.45, 2.75) is 55.6 Å². The van der Waals surface area contributed by atoms with Crippen LogP contribution in [0.4, 0.5) is 0 Å². The summed E-state index contributed by atoms with van der Waals surface area (Å²) in [6, 6.07) is 9.00. The van der Waals surface area contributed by atoms with E-state index in [0.717, 1.165) is 26.1 Å². The Labute approximate surface area is 229 Å². The predicted molar refractivity (Wildman–Crippen MR) is 168 cm³/mol. The molecule has 1 aliphatic carbocycles. The summed E-state index contributed by atoms with van der Waals surface area (Å²) in [4.78, 5) is 7.64. The van der Waals surface area contributed by atoms with E-state index in [1.54, 1.807) is 35.3 Å². The molecule has 3 unspecified atom stereocenters. The highest BCUT2D eigenvalue weighted by Crippen LogP contribution is 2.36. The third-order valence-electron chi connectivity index (χ3n) is 6.49. The molecule has 1 aromatic carbocycles. The summed E-state index contributed by atoms with van der Waals surface area (Å²) < 4.78 is 1.19. The van der Waals surface area contributed by atoms with Crippen LogP contribution < -0.4 is 5.32 Å². The van der Waals surface area contributed by atoms with Crippen molar-refractivity contribution in [3.8, 4) is 0 Å².